The SMILES string of the molecule is CCCNC(c1ccc(Cl)s1)c1cn(C)nc1CC. The van der Waals surface area contributed by atoms with Gasteiger partial charge in [0, 0.05) is 23.7 Å². The van der Waals surface area contributed by atoms with Gasteiger partial charge in [0.2, 0.25) is 0 Å². The van der Waals surface area contributed by atoms with Crippen LogP contribution >= 0.6 is 22.9 Å². The monoisotopic (exact) mass is 297 g/mol. The van der Waals surface area contributed by atoms with Crippen LogP contribution in [0.5, 0.6) is 0 Å². The Bertz CT molecular complexity index is 533. The fraction of sp³-hybridized carbons (Fsp3) is 0.500. The van der Waals surface area contributed by atoms with Crippen molar-refractivity contribution in [3.05, 3.63) is 38.8 Å². The summed E-state index contributed by atoms with van der Waals surface area (Å²) in [5.74, 6) is 0. The van der Waals surface area contributed by atoms with Gasteiger partial charge in [0.05, 0.1) is 16.1 Å². The molecule has 2 rings (SSSR count). The van der Waals surface area contributed by atoms with Gasteiger partial charge in [0.1, 0.15) is 0 Å². The van der Waals surface area contributed by atoms with Crippen molar-refractivity contribution in [2.45, 2.75) is 32.7 Å². The van der Waals surface area contributed by atoms with Gasteiger partial charge < -0.3 is 5.32 Å². The molecule has 0 bridgehead atoms. The van der Waals surface area contributed by atoms with E-state index in [1.54, 1.807) is 11.3 Å². The molecule has 1 N–H and O–H groups in total. The average molecular weight is 298 g/mol. The Kier molecular flexibility index (Phi) is 5.02. The van der Waals surface area contributed by atoms with Crippen LogP contribution < -0.4 is 5.32 Å². The summed E-state index contributed by atoms with van der Waals surface area (Å²) in [5.41, 5.74) is 2.41. The lowest BCUT2D eigenvalue weighted by molar-refractivity contribution is 0.602. The summed E-state index contributed by atoms with van der Waals surface area (Å²) < 4.78 is 2.73. The molecule has 0 radical (unpaired) electrons. The van der Waals surface area contributed by atoms with Gasteiger partial charge in [0.15, 0.2) is 0 Å². The van der Waals surface area contributed by atoms with Gasteiger partial charge in [-0.1, -0.05) is 25.4 Å². The zero-order valence-electron chi connectivity index (χ0n) is 11.6. The first-order valence-corrected chi connectivity index (χ1v) is 7.86. The highest BCUT2D eigenvalue weighted by atomic mass is 35.5. The van der Waals surface area contributed by atoms with Crippen LogP contribution in [-0.2, 0) is 13.5 Å². The summed E-state index contributed by atoms with van der Waals surface area (Å²) in [7, 11) is 1.97. The van der Waals surface area contributed by atoms with Crippen molar-refractivity contribution in [2.75, 3.05) is 6.54 Å². The molecule has 0 aromatic carbocycles. The number of nitrogens with one attached hydrogen (secondary N) is 1. The second-order valence-corrected chi connectivity index (χ2v) is 6.33. The molecule has 2 heterocycles. The Labute approximate surface area is 123 Å². The maximum Gasteiger partial charge on any atom is 0.0931 e. The molecule has 2 aromatic rings. The molecule has 2 aromatic heterocycles. The fourth-order valence-electron chi connectivity index (χ4n) is 2.20. The van der Waals surface area contributed by atoms with Crippen molar-refractivity contribution >= 4 is 22.9 Å². The van der Waals surface area contributed by atoms with Gasteiger partial charge in [-0.05, 0) is 31.5 Å². The normalized spacial score (nSPS) is 12.8. The number of hydrogen-bond donors (Lipinski definition) is 1. The highest BCUT2D eigenvalue weighted by molar-refractivity contribution is 7.16. The molecule has 0 spiro atoms. The first-order valence-electron chi connectivity index (χ1n) is 6.66. The van der Waals surface area contributed by atoms with Crippen molar-refractivity contribution in [2.24, 2.45) is 7.05 Å². The van der Waals surface area contributed by atoms with Crippen LogP contribution in [0.2, 0.25) is 4.34 Å². The molecule has 1 unspecified atom stereocenters. The molecule has 0 saturated carbocycles. The Morgan fingerprint density at radius 2 is 2.21 bits per heavy atom. The minimum atomic E-state index is 0.195. The van der Waals surface area contributed by atoms with Crippen LogP contribution in [0.15, 0.2) is 18.3 Å². The molecule has 0 amide bonds. The maximum absolute atomic E-state index is 6.07. The minimum absolute atomic E-state index is 0.195. The second-order valence-electron chi connectivity index (χ2n) is 4.59. The van der Waals surface area contributed by atoms with E-state index in [0.717, 1.165) is 29.4 Å². The lowest BCUT2D eigenvalue weighted by Gasteiger charge is -2.17. The molecule has 0 aliphatic carbocycles. The summed E-state index contributed by atoms with van der Waals surface area (Å²) in [6.07, 6.45) is 4.16. The van der Waals surface area contributed by atoms with E-state index in [4.69, 9.17) is 11.6 Å². The molecule has 1 atom stereocenters. The van der Waals surface area contributed by atoms with Crippen molar-refractivity contribution in [1.29, 1.82) is 0 Å². The minimum Gasteiger partial charge on any atom is -0.305 e. The maximum atomic E-state index is 6.07. The number of hydrogen-bond acceptors (Lipinski definition) is 3. The molecule has 5 heteroatoms. The molecular formula is C14H20ClN3S. The molecule has 0 aliphatic heterocycles. The summed E-state index contributed by atoms with van der Waals surface area (Å²) in [5, 5.41) is 8.14. The van der Waals surface area contributed by atoms with Gasteiger partial charge in [-0.15, -0.1) is 11.3 Å². The van der Waals surface area contributed by atoms with E-state index in [2.05, 4.69) is 36.5 Å². The van der Waals surface area contributed by atoms with E-state index in [9.17, 15) is 0 Å². The van der Waals surface area contributed by atoms with Gasteiger partial charge in [-0.25, -0.2) is 0 Å². The Balaban J connectivity index is 2.36. The zero-order chi connectivity index (χ0) is 13.8. The molecule has 104 valence electrons. The third-order valence-electron chi connectivity index (χ3n) is 3.06. The number of nitrogens with zero attached hydrogens (tertiary/aromatic N) is 2. The standard InChI is InChI=1S/C14H20ClN3S/c1-4-8-16-14(12-6-7-13(15)19-12)10-9-18(3)17-11(10)5-2/h6-7,9,14,16H,4-5,8H2,1-3H3. The first kappa shape index (κ1) is 14.6. The van der Waals surface area contributed by atoms with Gasteiger partial charge >= 0.3 is 0 Å². The molecule has 19 heavy (non-hydrogen) atoms. The smallest absolute Gasteiger partial charge is 0.0931 e. The number of aromatic nitrogens is 2. The third-order valence-corrected chi connectivity index (χ3v) is 4.36. The Hall–Kier alpha value is -0.840. The highest BCUT2D eigenvalue weighted by Crippen LogP contribution is 2.32. The first-order chi connectivity index (χ1) is 9.15. The van der Waals surface area contributed by atoms with Crippen molar-refractivity contribution in [1.82, 2.24) is 15.1 Å². The van der Waals surface area contributed by atoms with Gasteiger partial charge in [-0.2, -0.15) is 5.10 Å². The van der Waals surface area contributed by atoms with Gasteiger partial charge in [-0.3, -0.25) is 4.68 Å². The predicted octanol–water partition coefficient (Wildman–Crippen LogP) is 3.79. The lowest BCUT2D eigenvalue weighted by atomic mass is 10.0. The van der Waals surface area contributed by atoms with E-state index < -0.39 is 0 Å². The molecule has 0 fully saturated rings. The van der Waals surface area contributed by atoms with Crippen LogP contribution in [0.1, 0.15) is 42.4 Å². The van der Waals surface area contributed by atoms with Crippen molar-refractivity contribution < 1.29 is 0 Å². The van der Waals surface area contributed by atoms with Crippen LogP contribution in [0.25, 0.3) is 0 Å². The molecular weight excluding hydrogens is 278 g/mol. The van der Waals surface area contributed by atoms with Crippen LogP contribution in [0.4, 0.5) is 0 Å². The summed E-state index contributed by atoms with van der Waals surface area (Å²) in [4.78, 5) is 1.25. The topological polar surface area (TPSA) is 29.9 Å². The third kappa shape index (κ3) is 3.38. The summed E-state index contributed by atoms with van der Waals surface area (Å²) in [6.45, 7) is 5.30. The molecule has 3 nitrogen and oxygen atoms in total. The largest absolute Gasteiger partial charge is 0.305 e. The number of halogens is 1. The van der Waals surface area contributed by atoms with Crippen LogP contribution in [-0.4, -0.2) is 16.3 Å². The molecule has 0 saturated heterocycles. The van der Waals surface area contributed by atoms with Crippen molar-refractivity contribution in [3.8, 4) is 0 Å². The predicted molar refractivity (Wildman–Crippen MR) is 82.1 cm³/mol. The lowest BCUT2D eigenvalue weighted by Crippen LogP contribution is -2.23. The quantitative estimate of drug-likeness (QED) is 0.879. The van der Waals surface area contributed by atoms with Crippen LogP contribution in [0, 0.1) is 0 Å². The summed E-state index contributed by atoms with van der Waals surface area (Å²) in [6, 6.07) is 4.26. The Morgan fingerprint density at radius 3 is 2.79 bits per heavy atom. The van der Waals surface area contributed by atoms with E-state index in [-0.39, 0.29) is 6.04 Å². The average Bonchev–Trinajstić information content (AvgIpc) is 2.97. The van der Waals surface area contributed by atoms with E-state index >= 15 is 0 Å². The number of thiophene rings is 1. The van der Waals surface area contributed by atoms with E-state index in [1.165, 1.54) is 10.4 Å². The number of rotatable bonds is 6. The van der Waals surface area contributed by atoms with E-state index in [1.807, 2.05) is 17.8 Å². The van der Waals surface area contributed by atoms with Crippen molar-refractivity contribution in [3.63, 3.8) is 0 Å². The highest BCUT2D eigenvalue weighted by Gasteiger charge is 2.20. The number of aryl methyl sites for hydroxylation is 2. The van der Waals surface area contributed by atoms with E-state index in [0.29, 0.717) is 0 Å². The Morgan fingerprint density at radius 1 is 1.42 bits per heavy atom. The summed E-state index contributed by atoms with van der Waals surface area (Å²) >= 11 is 7.71. The van der Waals surface area contributed by atoms with Crippen LogP contribution in [0.3, 0.4) is 0 Å². The fourth-order valence-corrected chi connectivity index (χ4v) is 3.36. The second kappa shape index (κ2) is 6.55. The van der Waals surface area contributed by atoms with Gasteiger partial charge in [0.25, 0.3) is 0 Å². The zero-order valence-corrected chi connectivity index (χ0v) is 13.2. The molecule has 0 aliphatic rings.